The van der Waals surface area contributed by atoms with E-state index in [1.165, 1.54) is 5.56 Å². The molecule has 1 aromatic heterocycles. The third-order valence-electron chi connectivity index (χ3n) is 3.68. The van der Waals surface area contributed by atoms with Crippen molar-refractivity contribution in [2.24, 2.45) is 0 Å². The molecule has 1 aliphatic carbocycles. The molecule has 1 aromatic carbocycles. The highest BCUT2D eigenvalue weighted by atomic mass is 16.5. The normalized spacial score (nSPS) is 16.1. The Morgan fingerprint density at radius 2 is 2.11 bits per heavy atom. The zero-order valence-electron chi connectivity index (χ0n) is 10.8. The molecule has 0 saturated heterocycles. The predicted octanol–water partition coefficient (Wildman–Crippen LogP) is 2.44. The summed E-state index contributed by atoms with van der Waals surface area (Å²) in [6.07, 6.45) is 2.24. The Hall–Kier alpha value is -2.10. The Bertz CT molecular complexity index is 585. The van der Waals surface area contributed by atoms with Crippen molar-refractivity contribution in [3.05, 3.63) is 53.4 Å². The lowest BCUT2D eigenvalue weighted by molar-refractivity contribution is 0.0912. The lowest BCUT2D eigenvalue weighted by Gasteiger charge is -2.15. The van der Waals surface area contributed by atoms with Crippen molar-refractivity contribution in [2.45, 2.75) is 25.2 Å². The van der Waals surface area contributed by atoms with E-state index >= 15 is 0 Å². The zero-order valence-corrected chi connectivity index (χ0v) is 10.8. The largest absolute Gasteiger partial charge is 0.351 e. The molecular weight excluding hydrogens is 240 g/mol. The van der Waals surface area contributed by atoms with Crippen LogP contribution in [0.2, 0.25) is 0 Å². The third kappa shape index (κ3) is 2.38. The van der Waals surface area contributed by atoms with Crippen LogP contribution in [0.4, 0.5) is 0 Å². The molecule has 0 atom stereocenters. The third-order valence-corrected chi connectivity index (χ3v) is 3.68. The minimum absolute atomic E-state index is 0.117. The highest BCUT2D eigenvalue weighted by Gasteiger charge is 2.44. The number of aryl methyl sites for hydroxylation is 1. The molecule has 4 nitrogen and oxygen atoms in total. The van der Waals surface area contributed by atoms with Gasteiger partial charge in [-0.15, -0.1) is 0 Å². The van der Waals surface area contributed by atoms with E-state index in [4.69, 9.17) is 4.52 Å². The van der Waals surface area contributed by atoms with Crippen molar-refractivity contribution in [3.63, 3.8) is 0 Å². The van der Waals surface area contributed by atoms with Crippen LogP contribution in [0.25, 0.3) is 0 Å². The molecule has 98 valence electrons. The van der Waals surface area contributed by atoms with Crippen LogP contribution in [0.15, 0.2) is 40.9 Å². The fourth-order valence-electron chi connectivity index (χ4n) is 2.32. The van der Waals surface area contributed by atoms with Crippen LogP contribution in [0.3, 0.4) is 0 Å². The molecule has 1 saturated carbocycles. The lowest BCUT2D eigenvalue weighted by atomic mass is 9.96. The average Bonchev–Trinajstić information content (AvgIpc) is 3.12. The van der Waals surface area contributed by atoms with E-state index in [1.54, 1.807) is 13.0 Å². The first kappa shape index (κ1) is 12.0. The predicted molar refractivity (Wildman–Crippen MR) is 70.9 cm³/mol. The SMILES string of the molecule is Cc1cc(C(=O)NCC2(c3ccccc3)CC2)on1. The summed E-state index contributed by atoms with van der Waals surface area (Å²) >= 11 is 0. The van der Waals surface area contributed by atoms with Crippen molar-refractivity contribution in [1.29, 1.82) is 0 Å². The van der Waals surface area contributed by atoms with Gasteiger partial charge < -0.3 is 9.84 Å². The van der Waals surface area contributed by atoms with Gasteiger partial charge in [0.05, 0.1) is 5.69 Å². The summed E-state index contributed by atoms with van der Waals surface area (Å²) in [5.74, 6) is 0.0872. The Labute approximate surface area is 111 Å². The number of amides is 1. The number of benzene rings is 1. The van der Waals surface area contributed by atoms with Crippen molar-refractivity contribution in [3.8, 4) is 0 Å². The van der Waals surface area contributed by atoms with Crippen molar-refractivity contribution in [1.82, 2.24) is 10.5 Å². The highest BCUT2D eigenvalue weighted by Crippen LogP contribution is 2.47. The number of rotatable bonds is 4. The molecule has 1 heterocycles. The van der Waals surface area contributed by atoms with E-state index in [9.17, 15) is 4.79 Å². The average molecular weight is 256 g/mol. The van der Waals surface area contributed by atoms with Gasteiger partial charge >= 0.3 is 0 Å². The van der Waals surface area contributed by atoms with Gasteiger partial charge in [0.15, 0.2) is 0 Å². The van der Waals surface area contributed by atoms with Crippen LogP contribution >= 0.6 is 0 Å². The van der Waals surface area contributed by atoms with Gasteiger partial charge in [0.25, 0.3) is 5.91 Å². The fourth-order valence-corrected chi connectivity index (χ4v) is 2.32. The molecule has 0 bridgehead atoms. The first-order valence-corrected chi connectivity index (χ1v) is 6.47. The minimum Gasteiger partial charge on any atom is -0.351 e. The first-order valence-electron chi connectivity index (χ1n) is 6.47. The topological polar surface area (TPSA) is 55.1 Å². The highest BCUT2D eigenvalue weighted by molar-refractivity contribution is 5.91. The molecule has 3 rings (SSSR count). The summed E-state index contributed by atoms with van der Waals surface area (Å²) < 4.78 is 4.96. The Kier molecular flexibility index (Phi) is 2.85. The molecule has 2 aromatic rings. The van der Waals surface area contributed by atoms with E-state index in [1.807, 2.05) is 18.2 Å². The van der Waals surface area contributed by atoms with Crippen LogP contribution in [0, 0.1) is 6.92 Å². The van der Waals surface area contributed by atoms with Crippen LogP contribution in [-0.4, -0.2) is 17.6 Å². The van der Waals surface area contributed by atoms with Gasteiger partial charge in [-0.2, -0.15) is 0 Å². The monoisotopic (exact) mass is 256 g/mol. The number of carbonyl (C=O) groups is 1. The van der Waals surface area contributed by atoms with Gasteiger partial charge in [-0.3, -0.25) is 4.79 Å². The quantitative estimate of drug-likeness (QED) is 0.914. The zero-order chi connectivity index (χ0) is 13.3. The molecule has 1 amide bonds. The molecular formula is C15H16N2O2. The summed E-state index contributed by atoms with van der Waals surface area (Å²) in [4.78, 5) is 11.9. The van der Waals surface area contributed by atoms with Crippen molar-refractivity contribution >= 4 is 5.91 Å². The maximum atomic E-state index is 11.9. The molecule has 0 radical (unpaired) electrons. The fraction of sp³-hybridized carbons (Fsp3) is 0.333. The summed E-state index contributed by atoms with van der Waals surface area (Å²) in [5, 5.41) is 6.66. The van der Waals surface area contributed by atoms with Crippen LogP contribution in [0.5, 0.6) is 0 Å². The summed E-state index contributed by atoms with van der Waals surface area (Å²) in [7, 11) is 0. The number of nitrogens with one attached hydrogen (secondary N) is 1. The van der Waals surface area contributed by atoms with Crippen LogP contribution in [-0.2, 0) is 5.41 Å². The van der Waals surface area contributed by atoms with Crippen molar-refractivity contribution < 1.29 is 9.32 Å². The Balaban J connectivity index is 1.65. The molecule has 0 aliphatic heterocycles. The van der Waals surface area contributed by atoms with Gasteiger partial charge in [0.2, 0.25) is 5.76 Å². The van der Waals surface area contributed by atoms with Crippen LogP contribution < -0.4 is 5.32 Å². The van der Waals surface area contributed by atoms with E-state index < -0.39 is 0 Å². The molecule has 1 fully saturated rings. The number of nitrogens with zero attached hydrogens (tertiary/aromatic N) is 1. The number of carbonyl (C=O) groups excluding carboxylic acids is 1. The van der Waals surface area contributed by atoms with Gasteiger partial charge in [-0.05, 0) is 25.3 Å². The Morgan fingerprint density at radius 1 is 1.37 bits per heavy atom. The number of hydrogen-bond acceptors (Lipinski definition) is 3. The molecule has 0 spiro atoms. The lowest BCUT2D eigenvalue weighted by Crippen LogP contribution is -2.32. The molecule has 0 unspecified atom stereocenters. The summed E-state index contributed by atoms with van der Waals surface area (Å²) in [6.45, 7) is 2.45. The summed E-state index contributed by atoms with van der Waals surface area (Å²) in [6, 6.07) is 12.0. The molecule has 1 N–H and O–H groups in total. The van der Waals surface area contributed by atoms with Crippen molar-refractivity contribution in [2.75, 3.05) is 6.54 Å². The molecule has 19 heavy (non-hydrogen) atoms. The maximum absolute atomic E-state index is 11.9. The molecule has 1 aliphatic rings. The second kappa shape index (κ2) is 4.53. The van der Waals surface area contributed by atoms with Gasteiger partial charge in [0.1, 0.15) is 0 Å². The first-order chi connectivity index (χ1) is 9.20. The second-order valence-electron chi connectivity index (χ2n) is 5.16. The maximum Gasteiger partial charge on any atom is 0.289 e. The van der Waals surface area contributed by atoms with Gasteiger partial charge in [0, 0.05) is 18.0 Å². The smallest absolute Gasteiger partial charge is 0.289 e. The second-order valence-corrected chi connectivity index (χ2v) is 5.16. The number of hydrogen-bond donors (Lipinski definition) is 1. The molecule has 4 heteroatoms. The van der Waals surface area contributed by atoms with Crippen LogP contribution in [0.1, 0.15) is 34.7 Å². The number of aromatic nitrogens is 1. The van der Waals surface area contributed by atoms with E-state index in [-0.39, 0.29) is 17.1 Å². The van der Waals surface area contributed by atoms with Gasteiger partial charge in [-0.25, -0.2) is 0 Å². The Morgan fingerprint density at radius 3 is 2.68 bits per heavy atom. The minimum atomic E-state index is -0.192. The van der Waals surface area contributed by atoms with Gasteiger partial charge in [-0.1, -0.05) is 35.5 Å². The standard InChI is InChI=1S/C15H16N2O2/c1-11-9-13(19-17-11)14(18)16-10-15(7-8-15)12-5-3-2-4-6-12/h2-6,9H,7-8,10H2,1H3,(H,16,18). The van der Waals surface area contributed by atoms with E-state index in [0.717, 1.165) is 12.8 Å². The van der Waals surface area contributed by atoms with E-state index in [2.05, 4.69) is 22.6 Å². The van der Waals surface area contributed by atoms with E-state index in [0.29, 0.717) is 12.2 Å². The summed E-state index contributed by atoms with van der Waals surface area (Å²) in [5.41, 5.74) is 2.13.